The fourth-order valence-corrected chi connectivity index (χ4v) is 2.20. The molecule has 2 N–H and O–H groups in total. The number of hydrogen-bond donors (Lipinski definition) is 2. The Balaban J connectivity index is 1.93. The van der Waals surface area contributed by atoms with Crippen LogP contribution in [0.4, 0.5) is 0 Å². The van der Waals surface area contributed by atoms with E-state index in [0.29, 0.717) is 5.76 Å². The van der Waals surface area contributed by atoms with E-state index in [-0.39, 0.29) is 18.4 Å². The lowest BCUT2D eigenvalue weighted by atomic mass is 10.2. The molecule has 5 nitrogen and oxygen atoms in total. The highest BCUT2D eigenvalue weighted by Gasteiger charge is 2.14. The molecule has 0 saturated heterocycles. The second-order valence-corrected chi connectivity index (χ2v) is 5.83. The van der Waals surface area contributed by atoms with Crippen LogP contribution in [0.5, 0.6) is 0 Å². The molecule has 0 aliphatic carbocycles. The number of rotatable bonds is 5. The van der Waals surface area contributed by atoms with Gasteiger partial charge >= 0.3 is 0 Å². The Hall–Kier alpha value is -2.08. The van der Waals surface area contributed by atoms with E-state index >= 15 is 0 Å². The van der Waals surface area contributed by atoms with Crippen LogP contribution in [-0.4, -0.2) is 17.9 Å². The molecule has 0 aliphatic rings. The second kappa shape index (κ2) is 7.26. The molecule has 2 rings (SSSR count). The van der Waals surface area contributed by atoms with Crippen LogP contribution in [0.3, 0.4) is 0 Å². The minimum absolute atomic E-state index is 0.238. The SMILES string of the molecule is CC(=O)NC(C)C(=O)NCc1ccc(-c2ccc(Br)cc2)o1. The van der Waals surface area contributed by atoms with Gasteiger partial charge in [0.15, 0.2) is 0 Å². The van der Waals surface area contributed by atoms with Crippen molar-refractivity contribution in [2.45, 2.75) is 26.4 Å². The number of amides is 2. The van der Waals surface area contributed by atoms with Gasteiger partial charge in [-0.3, -0.25) is 9.59 Å². The summed E-state index contributed by atoms with van der Waals surface area (Å²) in [6.07, 6.45) is 0. The van der Waals surface area contributed by atoms with Gasteiger partial charge in [-0.2, -0.15) is 0 Å². The fraction of sp³-hybridized carbons (Fsp3) is 0.250. The van der Waals surface area contributed by atoms with Crippen molar-refractivity contribution in [1.29, 1.82) is 0 Å². The van der Waals surface area contributed by atoms with Crippen molar-refractivity contribution in [2.75, 3.05) is 0 Å². The summed E-state index contributed by atoms with van der Waals surface area (Å²) in [5, 5.41) is 5.25. The zero-order valence-corrected chi connectivity index (χ0v) is 13.9. The fourth-order valence-electron chi connectivity index (χ4n) is 1.94. The third-order valence-corrected chi connectivity index (χ3v) is 3.57. The predicted octanol–water partition coefficient (Wildman–Crippen LogP) is 2.85. The maximum Gasteiger partial charge on any atom is 0.242 e. The Morgan fingerprint density at radius 1 is 1.18 bits per heavy atom. The number of carbonyl (C=O) groups excluding carboxylic acids is 2. The van der Waals surface area contributed by atoms with E-state index in [1.54, 1.807) is 6.92 Å². The van der Waals surface area contributed by atoms with Crippen LogP contribution in [0.2, 0.25) is 0 Å². The molecule has 1 aromatic heterocycles. The normalized spacial score (nSPS) is 11.8. The first-order chi connectivity index (χ1) is 10.5. The van der Waals surface area contributed by atoms with Gasteiger partial charge in [-0.25, -0.2) is 0 Å². The van der Waals surface area contributed by atoms with Gasteiger partial charge in [-0.1, -0.05) is 28.1 Å². The van der Waals surface area contributed by atoms with Crippen molar-refractivity contribution in [2.24, 2.45) is 0 Å². The molecule has 1 unspecified atom stereocenters. The molecule has 2 aromatic rings. The summed E-state index contributed by atoms with van der Waals surface area (Å²) in [6, 6.07) is 10.9. The average Bonchev–Trinajstić information content (AvgIpc) is 2.93. The number of hydrogen-bond acceptors (Lipinski definition) is 3. The largest absolute Gasteiger partial charge is 0.459 e. The van der Waals surface area contributed by atoms with Crippen LogP contribution in [0.15, 0.2) is 45.3 Å². The summed E-state index contributed by atoms with van der Waals surface area (Å²) in [7, 11) is 0. The summed E-state index contributed by atoms with van der Waals surface area (Å²) in [5.74, 6) is 0.905. The molecule has 22 heavy (non-hydrogen) atoms. The summed E-state index contributed by atoms with van der Waals surface area (Å²) in [6.45, 7) is 3.28. The zero-order chi connectivity index (χ0) is 16.1. The Labute approximate surface area is 137 Å². The number of carbonyl (C=O) groups is 2. The Morgan fingerprint density at radius 2 is 1.86 bits per heavy atom. The lowest BCUT2D eigenvalue weighted by molar-refractivity contribution is -0.127. The van der Waals surface area contributed by atoms with E-state index in [2.05, 4.69) is 26.6 Å². The van der Waals surface area contributed by atoms with Gasteiger partial charge in [0.1, 0.15) is 17.6 Å². The van der Waals surface area contributed by atoms with Gasteiger partial charge in [0.2, 0.25) is 11.8 Å². The van der Waals surface area contributed by atoms with Crippen LogP contribution in [-0.2, 0) is 16.1 Å². The molecule has 0 fully saturated rings. The van der Waals surface area contributed by atoms with E-state index in [9.17, 15) is 9.59 Å². The van der Waals surface area contributed by atoms with Crippen LogP contribution in [0, 0.1) is 0 Å². The third-order valence-electron chi connectivity index (χ3n) is 3.04. The van der Waals surface area contributed by atoms with Crippen molar-refractivity contribution in [3.05, 3.63) is 46.6 Å². The molecule has 116 valence electrons. The number of nitrogens with one attached hydrogen (secondary N) is 2. The third kappa shape index (κ3) is 4.46. The Morgan fingerprint density at radius 3 is 2.50 bits per heavy atom. The molecule has 0 radical (unpaired) electrons. The summed E-state index contributed by atoms with van der Waals surface area (Å²) < 4.78 is 6.71. The minimum Gasteiger partial charge on any atom is -0.459 e. The van der Waals surface area contributed by atoms with Crippen molar-refractivity contribution in [1.82, 2.24) is 10.6 Å². The summed E-state index contributed by atoms with van der Waals surface area (Å²) in [5.41, 5.74) is 0.965. The van der Waals surface area contributed by atoms with Crippen molar-refractivity contribution in [3.63, 3.8) is 0 Å². The van der Waals surface area contributed by atoms with E-state index in [0.717, 1.165) is 15.8 Å². The molecule has 2 amide bonds. The molecular formula is C16H17BrN2O3. The molecule has 6 heteroatoms. The molecule has 0 spiro atoms. The first kappa shape index (κ1) is 16.3. The van der Waals surface area contributed by atoms with Gasteiger partial charge in [-0.15, -0.1) is 0 Å². The molecule has 1 aromatic carbocycles. The van der Waals surface area contributed by atoms with Crippen LogP contribution < -0.4 is 10.6 Å². The van der Waals surface area contributed by atoms with Crippen LogP contribution in [0.25, 0.3) is 11.3 Å². The van der Waals surface area contributed by atoms with E-state index in [1.165, 1.54) is 6.92 Å². The Kier molecular flexibility index (Phi) is 5.38. The van der Waals surface area contributed by atoms with Crippen molar-refractivity contribution >= 4 is 27.7 Å². The van der Waals surface area contributed by atoms with Crippen molar-refractivity contribution in [3.8, 4) is 11.3 Å². The molecule has 0 saturated carbocycles. The minimum atomic E-state index is -0.571. The quantitative estimate of drug-likeness (QED) is 0.856. The highest BCUT2D eigenvalue weighted by atomic mass is 79.9. The molecule has 1 atom stereocenters. The summed E-state index contributed by atoms with van der Waals surface area (Å²) in [4.78, 5) is 22.7. The highest BCUT2D eigenvalue weighted by molar-refractivity contribution is 9.10. The first-order valence-corrected chi connectivity index (χ1v) is 7.64. The first-order valence-electron chi connectivity index (χ1n) is 6.85. The predicted molar refractivity (Wildman–Crippen MR) is 87.0 cm³/mol. The van der Waals surface area contributed by atoms with Gasteiger partial charge < -0.3 is 15.1 Å². The van der Waals surface area contributed by atoms with Gasteiger partial charge in [0.05, 0.1) is 6.54 Å². The van der Waals surface area contributed by atoms with Gasteiger partial charge in [-0.05, 0) is 31.2 Å². The lowest BCUT2D eigenvalue weighted by Gasteiger charge is -2.11. The monoisotopic (exact) mass is 364 g/mol. The maximum absolute atomic E-state index is 11.8. The molecule has 1 heterocycles. The topological polar surface area (TPSA) is 71.3 Å². The molecule has 0 aliphatic heterocycles. The van der Waals surface area contributed by atoms with E-state index in [4.69, 9.17) is 4.42 Å². The number of furan rings is 1. The standard InChI is InChI=1S/C16H17BrN2O3/c1-10(19-11(2)20)16(21)18-9-14-7-8-15(22-14)12-3-5-13(17)6-4-12/h3-8,10H,9H2,1-2H3,(H,18,21)(H,19,20). The second-order valence-electron chi connectivity index (χ2n) is 4.91. The molecular weight excluding hydrogens is 348 g/mol. The van der Waals surface area contributed by atoms with Crippen LogP contribution in [0.1, 0.15) is 19.6 Å². The van der Waals surface area contributed by atoms with E-state index in [1.807, 2.05) is 36.4 Å². The number of halogens is 1. The highest BCUT2D eigenvalue weighted by Crippen LogP contribution is 2.23. The van der Waals surface area contributed by atoms with Gasteiger partial charge in [0, 0.05) is 17.0 Å². The zero-order valence-electron chi connectivity index (χ0n) is 12.4. The van der Waals surface area contributed by atoms with E-state index < -0.39 is 6.04 Å². The van der Waals surface area contributed by atoms with Crippen molar-refractivity contribution < 1.29 is 14.0 Å². The number of benzene rings is 1. The molecule has 0 bridgehead atoms. The average molecular weight is 365 g/mol. The van der Waals surface area contributed by atoms with Crippen LogP contribution >= 0.6 is 15.9 Å². The lowest BCUT2D eigenvalue weighted by Crippen LogP contribution is -2.43. The Bertz CT molecular complexity index is 664. The summed E-state index contributed by atoms with van der Waals surface area (Å²) >= 11 is 3.39. The smallest absolute Gasteiger partial charge is 0.242 e. The maximum atomic E-state index is 11.8. The van der Waals surface area contributed by atoms with Gasteiger partial charge in [0.25, 0.3) is 0 Å².